The zero-order valence-electron chi connectivity index (χ0n) is 21.7. The molecule has 0 saturated carbocycles. The number of ether oxygens (including phenoxy) is 3. The topological polar surface area (TPSA) is 211 Å². The number of esters is 2. The van der Waals surface area contributed by atoms with E-state index in [1.54, 1.807) is 13.8 Å². The van der Waals surface area contributed by atoms with Gasteiger partial charge in [-0.3, -0.25) is 9.59 Å². The molecule has 212 valence electrons. The van der Waals surface area contributed by atoms with Crippen molar-refractivity contribution in [3.05, 3.63) is 70.8 Å². The molecule has 0 spiro atoms. The Balaban J connectivity index is 0.00000159. The number of rotatable bonds is 10. The van der Waals surface area contributed by atoms with E-state index < -0.39 is 48.0 Å². The van der Waals surface area contributed by atoms with Crippen molar-refractivity contribution >= 4 is 35.8 Å². The van der Waals surface area contributed by atoms with Gasteiger partial charge < -0.3 is 34.6 Å². The lowest BCUT2D eigenvalue weighted by atomic mass is 10.1. The number of carboxylic acid groups (broad SMARTS) is 4. The van der Waals surface area contributed by atoms with E-state index in [1.807, 2.05) is 0 Å². The highest BCUT2D eigenvalue weighted by Gasteiger charge is 2.21. The maximum absolute atomic E-state index is 12.2. The van der Waals surface area contributed by atoms with Crippen LogP contribution in [0, 0.1) is 0 Å². The first-order chi connectivity index (χ1) is 18.2. The van der Waals surface area contributed by atoms with Gasteiger partial charge >= 0.3 is 23.9 Å². The molecule has 2 aromatic carbocycles. The normalized spacial score (nSPS) is 11.2. The Morgan fingerprint density at radius 3 is 1.36 bits per heavy atom. The molecule has 39 heavy (non-hydrogen) atoms. The molecule has 2 aromatic rings. The summed E-state index contributed by atoms with van der Waals surface area (Å²) in [6, 6.07) is 11.4. The lowest BCUT2D eigenvalue weighted by Crippen LogP contribution is -2.27. The average molecular weight is 551 g/mol. The minimum absolute atomic E-state index is 0.0224. The first kappa shape index (κ1) is 34.2. The lowest BCUT2D eigenvalue weighted by Gasteiger charge is -2.18. The Morgan fingerprint density at radius 1 is 0.615 bits per heavy atom. The molecule has 0 aromatic heterocycles. The minimum Gasteiger partial charge on any atom is -0.481 e. The van der Waals surface area contributed by atoms with E-state index in [0.717, 1.165) is 13.8 Å². The number of carbonyl (C=O) groups excluding carboxylic acids is 2. The Bertz CT molecular complexity index is 1140. The first-order valence-electron chi connectivity index (χ1n) is 11.2. The van der Waals surface area contributed by atoms with Crippen molar-refractivity contribution in [2.45, 2.75) is 39.9 Å². The molecule has 0 aliphatic heterocycles. The Morgan fingerprint density at radius 2 is 0.974 bits per heavy atom. The molecule has 0 radical (unpaired) electrons. The third kappa shape index (κ3) is 14.5. The smallest absolute Gasteiger partial charge is 0.339 e. The molecule has 0 heterocycles. The summed E-state index contributed by atoms with van der Waals surface area (Å²) in [5, 5.41) is 33.1. The van der Waals surface area contributed by atoms with E-state index in [4.69, 9.17) is 44.2 Å². The molecule has 4 N–H and O–H groups in total. The van der Waals surface area contributed by atoms with Crippen molar-refractivity contribution < 1.29 is 63.4 Å². The van der Waals surface area contributed by atoms with Crippen LogP contribution in [0.5, 0.6) is 0 Å². The molecular weight excluding hydrogens is 520 g/mol. The van der Waals surface area contributed by atoms with E-state index in [0.29, 0.717) is 0 Å². The van der Waals surface area contributed by atoms with Gasteiger partial charge in [0.2, 0.25) is 0 Å². The van der Waals surface area contributed by atoms with Crippen molar-refractivity contribution in [2.75, 3.05) is 13.2 Å². The van der Waals surface area contributed by atoms with Gasteiger partial charge in [-0.05, 0) is 38.1 Å². The van der Waals surface area contributed by atoms with Crippen molar-refractivity contribution in [1.29, 1.82) is 0 Å². The summed E-state index contributed by atoms with van der Waals surface area (Å²) < 4.78 is 15.8. The quantitative estimate of drug-likeness (QED) is 0.314. The van der Waals surface area contributed by atoms with Crippen molar-refractivity contribution in [3.8, 4) is 0 Å². The van der Waals surface area contributed by atoms with Crippen LogP contribution in [0.2, 0.25) is 0 Å². The van der Waals surface area contributed by atoms with Crippen LogP contribution < -0.4 is 0 Å². The van der Waals surface area contributed by atoms with E-state index in [-0.39, 0.29) is 35.5 Å². The zero-order chi connectivity index (χ0) is 30.1. The molecule has 0 aliphatic rings. The Hall–Kier alpha value is -4.78. The fourth-order valence-electron chi connectivity index (χ4n) is 2.59. The fourth-order valence-corrected chi connectivity index (χ4v) is 2.59. The highest BCUT2D eigenvalue weighted by Crippen LogP contribution is 2.13. The maximum Gasteiger partial charge on any atom is 0.339 e. The van der Waals surface area contributed by atoms with Gasteiger partial charge in [0.25, 0.3) is 11.9 Å². The second kappa shape index (κ2) is 17.6. The number of hydrogen-bond acceptors (Lipinski definition) is 9. The van der Waals surface area contributed by atoms with Gasteiger partial charge in [-0.15, -0.1) is 0 Å². The van der Waals surface area contributed by atoms with Gasteiger partial charge in [-0.25, -0.2) is 19.2 Å². The first-order valence-corrected chi connectivity index (χ1v) is 11.2. The highest BCUT2D eigenvalue weighted by atomic mass is 16.6. The third-order valence-electron chi connectivity index (χ3n) is 4.13. The molecular formula is C26H30O13. The molecule has 13 heteroatoms. The van der Waals surface area contributed by atoms with Crippen LogP contribution in [0.15, 0.2) is 48.5 Å². The molecule has 2 unspecified atom stereocenters. The summed E-state index contributed by atoms with van der Waals surface area (Å²) in [6.07, 6.45) is -1.26. The summed E-state index contributed by atoms with van der Waals surface area (Å²) >= 11 is 0. The second-order valence-corrected chi connectivity index (χ2v) is 7.70. The summed E-state index contributed by atoms with van der Waals surface area (Å²) in [4.78, 5) is 64.8. The molecule has 0 fully saturated rings. The van der Waals surface area contributed by atoms with Gasteiger partial charge in [0.1, 0.15) is 12.7 Å². The molecule has 0 amide bonds. The van der Waals surface area contributed by atoms with Crippen LogP contribution in [0.25, 0.3) is 0 Å². The van der Waals surface area contributed by atoms with Crippen molar-refractivity contribution in [3.63, 3.8) is 0 Å². The third-order valence-corrected chi connectivity index (χ3v) is 4.13. The van der Waals surface area contributed by atoms with Crippen molar-refractivity contribution in [2.24, 2.45) is 0 Å². The largest absolute Gasteiger partial charge is 0.481 e. The maximum atomic E-state index is 12.2. The molecule has 0 bridgehead atoms. The number of aliphatic carboxylic acids is 2. The van der Waals surface area contributed by atoms with Crippen molar-refractivity contribution in [1.82, 2.24) is 0 Å². The number of carboxylic acids is 4. The standard InChI is InChI=1S/C22H22O9.2C2H4O2/c1-13(11-30-21(27)17-9-5-3-7-15(17)19(23)24)29-12-14(2)31-22(28)18-10-6-4-8-16(18)20(25)26;2*1-2(3)4/h3-10,13-14H,11-12H2,1-2H3,(H,23,24)(H,25,26);2*1H3,(H,3,4). The van der Waals surface area contributed by atoms with E-state index in [2.05, 4.69) is 0 Å². The SMILES string of the molecule is CC(=O)O.CC(=O)O.CC(COC(=O)c1ccccc1C(=O)O)OCC(C)OC(=O)c1ccccc1C(=O)O. The van der Waals surface area contributed by atoms with Crippen LogP contribution in [-0.2, 0) is 23.8 Å². The number of hydrogen-bond donors (Lipinski definition) is 4. The molecule has 2 rings (SSSR count). The van der Waals surface area contributed by atoms with Gasteiger partial charge in [-0.1, -0.05) is 24.3 Å². The van der Waals surface area contributed by atoms with Crippen LogP contribution >= 0.6 is 0 Å². The van der Waals surface area contributed by atoms with Gasteiger partial charge in [0.15, 0.2) is 0 Å². The lowest BCUT2D eigenvalue weighted by molar-refractivity contribution is -0.135. The van der Waals surface area contributed by atoms with Gasteiger partial charge in [-0.2, -0.15) is 0 Å². The average Bonchev–Trinajstić information content (AvgIpc) is 2.85. The van der Waals surface area contributed by atoms with E-state index >= 15 is 0 Å². The monoisotopic (exact) mass is 550 g/mol. The van der Waals surface area contributed by atoms with E-state index in [1.165, 1.54) is 48.5 Å². The predicted octanol–water partition coefficient (Wildman–Crippen LogP) is 3.07. The molecule has 2 atom stereocenters. The van der Waals surface area contributed by atoms with Crippen LogP contribution in [-0.4, -0.2) is 81.7 Å². The van der Waals surface area contributed by atoms with Gasteiger partial charge in [0, 0.05) is 13.8 Å². The minimum atomic E-state index is -1.24. The second-order valence-electron chi connectivity index (χ2n) is 7.70. The zero-order valence-corrected chi connectivity index (χ0v) is 21.7. The summed E-state index contributed by atoms with van der Waals surface area (Å²) in [6.45, 7) is 5.20. The number of carbonyl (C=O) groups is 6. The highest BCUT2D eigenvalue weighted by molar-refractivity contribution is 6.03. The number of aromatic carboxylic acids is 2. The predicted molar refractivity (Wildman–Crippen MR) is 134 cm³/mol. The summed E-state index contributed by atoms with van der Waals surface area (Å²) in [5.41, 5.74) is -0.465. The molecule has 0 saturated heterocycles. The van der Waals surface area contributed by atoms with Crippen LogP contribution in [0.1, 0.15) is 69.1 Å². The number of benzene rings is 2. The molecule has 13 nitrogen and oxygen atoms in total. The summed E-state index contributed by atoms with van der Waals surface area (Å²) in [7, 11) is 0. The van der Waals surface area contributed by atoms with Gasteiger partial charge in [0.05, 0.1) is 35.0 Å². The van der Waals surface area contributed by atoms with Crippen LogP contribution in [0.3, 0.4) is 0 Å². The summed E-state index contributed by atoms with van der Waals surface area (Å²) in [5.74, 6) is -5.73. The van der Waals surface area contributed by atoms with Crippen LogP contribution in [0.4, 0.5) is 0 Å². The fraction of sp³-hybridized carbons (Fsp3) is 0.308. The molecule has 0 aliphatic carbocycles. The Labute approximate surface area is 223 Å². The Kier molecular flexibility index (Phi) is 15.5. The van der Waals surface area contributed by atoms with E-state index in [9.17, 15) is 19.2 Å².